The van der Waals surface area contributed by atoms with Gasteiger partial charge in [0.1, 0.15) is 16.7 Å². The van der Waals surface area contributed by atoms with Gasteiger partial charge in [-0.05, 0) is 71.8 Å². The number of nitrogens with zero attached hydrogens (tertiary/aromatic N) is 4. The van der Waals surface area contributed by atoms with Gasteiger partial charge in [-0.1, -0.05) is 121 Å². The molecule has 0 saturated heterocycles. The van der Waals surface area contributed by atoms with Crippen LogP contribution in [-0.4, -0.2) is 19.5 Å². The Hall–Kier alpha value is -7.83. The average molecular weight is 731 g/mol. The van der Waals surface area contributed by atoms with Crippen molar-refractivity contribution >= 4 is 65.7 Å². The number of rotatable bonds is 5. The summed E-state index contributed by atoms with van der Waals surface area (Å²) < 4.78 is 15.5. The van der Waals surface area contributed by atoms with Crippen LogP contribution in [0.1, 0.15) is 0 Å². The van der Waals surface area contributed by atoms with Crippen molar-refractivity contribution in [3.05, 3.63) is 182 Å². The normalized spacial score (nSPS) is 11.9. The summed E-state index contributed by atoms with van der Waals surface area (Å²) in [7, 11) is 0. The van der Waals surface area contributed by atoms with Gasteiger partial charge >= 0.3 is 0 Å². The van der Waals surface area contributed by atoms with Gasteiger partial charge in [-0.25, -0.2) is 15.0 Å². The van der Waals surface area contributed by atoms with Crippen molar-refractivity contribution in [1.29, 1.82) is 0 Å². The average Bonchev–Trinajstić information content (AvgIpc) is 3.96. The van der Waals surface area contributed by atoms with E-state index in [-0.39, 0.29) is 0 Å². The fourth-order valence-corrected chi connectivity index (χ4v) is 8.36. The molecule has 4 aromatic heterocycles. The molecule has 6 nitrogen and oxygen atoms in total. The number of benzene rings is 8. The van der Waals surface area contributed by atoms with Crippen LogP contribution < -0.4 is 0 Å². The smallest absolute Gasteiger partial charge is 0.164 e. The molecule has 0 N–H and O–H groups in total. The van der Waals surface area contributed by atoms with Crippen molar-refractivity contribution in [2.45, 2.75) is 0 Å². The summed E-state index contributed by atoms with van der Waals surface area (Å²) in [5.41, 5.74) is 11.3. The lowest BCUT2D eigenvalue weighted by atomic mass is 10.0. The predicted molar refractivity (Wildman–Crippen MR) is 230 cm³/mol. The minimum absolute atomic E-state index is 0.552. The molecular formula is C51H30N4O2. The highest BCUT2D eigenvalue weighted by molar-refractivity contribution is 6.21. The fraction of sp³-hybridized carbons (Fsp3) is 0. The quantitative estimate of drug-likeness (QED) is 0.176. The number of fused-ring (bicyclic) bond motifs is 10. The number of aromatic nitrogens is 4. The number of hydrogen-bond acceptors (Lipinski definition) is 5. The van der Waals surface area contributed by atoms with Gasteiger partial charge in [-0.15, -0.1) is 0 Å². The van der Waals surface area contributed by atoms with Gasteiger partial charge in [0.05, 0.1) is 11.0 Å². The van der Waals surface area contributed by atoms with Gasteiger partial charge in [0.25, 0.3) is 0 Å². The molecule has 266 valence electrons. The number of furan rings is 2. The summed E-state index contributed by atoms with van der Waals surface area (Å²) in [6.07, 6.45) is 0. The van der Waals surface area contributed by atoms with Crippen LogP contribution in [0.25, 0.3) is 117 Å². The van der Waals surface area contributed by atoms with E-state index in [1.807, 2.05) is 36.4 Å². The first-order valence-corrected chi connectivity index (χ1v) is 19.0. The molecule has 8 aromatic carbocycles. The first-order valence-electron chi connectivity index (χ1n) is 19.0. The van der Waals surface area contributed by atoms with E-state index in [2.05, 4.69) is 150 Å². The van der Waals surface area contributed by atoms with Crippen molar-refractivity contribution in [3.8, 4) is 51.0 Å². The molecular weight excluding hydrogens is 701 g/mol. The van der Waals surface area contributed by atoms with Gasteiger partial charge in [-0.2, -0.15) is 0 Å². The predicted octanol–water partition coefficient (Wildman–Crippen LogP) is 13.4. The maximum Gasteiger partial charge on any atom is 0.164 e. The first kappa shape index (κ1) is 31.5. The molecule has 0 amide bonds. The van der Waals surface area contributed by atoms with Crippen molar-refractivity contribution in [1.82, 2.24) is 19.5 Å². The molecule has 0 aliphatic heterocycles. The molecule has 12 rings (SSSR count). The molecule has 57 heavy (non-hydrogen) atoms. The lowest BCUT2D eigenvalue weighted by molar-refractivity contribution is 0.669. The van der Waals surface area contributed by atoms with E-state index >= 15 is 0 Å². The van der Waals surface area contributed by atoms with Crippen LogP contribution in [0, 0.1) is 0 Å². The molecule has 4 heterocycles. The monoisotopic (exact) mass is 730 g/mol. The van der Waals surface area contributed by atoms with Gasteiger partial charge in [0, 0.05) is 54.7 Å². The second-order valence-corrected chi connectivity index (χ2v) is 14.4. The first-order chi connectivity index (χ1) is 28.2. The Morgan fingerprint density at radius 1 is 0.333 bits per heavy atom. The van der Waals surface area contributed by atoms with Crippen LogP contribution in [0.4, 0.5) is 0 Å². The Bertz CT molecular complexity index is 3530. The van der Waals surface area contributed by atoms with Gasteiger partial charge < -0.3 is 13.4 Å². The van der Waals surface area contributed by atoms with E-state index in [0.717, 1.165) is 93.8 Å². The zero-order chi connectivity index (χ0) is 37.5. The maximum absolute atomic E-state index is 6.89. The molecule has 0 bridgehead atoms. The van der Waals surface area contributed by atoms with E-state index in [4.69, 9.17) is 23.8 Å². The molecule has 6 heteroatoms. The lowest BCUT2D eigenvalue weighted by Gasteiger charge is -2.10. The molecule has 0 unspecified atom stereocenters. The third-order valence-electron chi connectivity index (χ3n) is 11.0. The lowest BCUT2D eigenvalue weighted by Crippen LogP contribution is -2.00. The molecule has 0 radical (unpaired) electrons. The SMILES string of the molecule is c1ccc(-c2cccc(-c3nc(-c4ccc5c(c4)oc4ccccc45)nc(-c4ccc5c(c4)oc4c5ccc5c6ccccc6n(-c6ccccc6)c54)n3)c2)cc1. The Kier molecular flexibility index (Phi) is 6.83. The molecule has 12 aromatic rings. The van der Waals surface area contributed by atoms with Crippen LogP contribution in [0.3, 0.4) is 0 Å². The highest BCUT2D eigenvalue weighted by Gasteiger charge is 2.21. The van der Waals surface area contributed by atoms with Crippen molar-refractivity contribution in [3.63, 3.8) is 0 Å². The van der Waals surface area contributed by atoms with E-state index < -0.39 is 0 Å². The van der Waals surface area contributed by atoms with Gasteiger partial charge in [0.15, 0.2) is 23.1 Å². The van der Waals surface area contributed by atoms with Crippen molar-refractivity contribution in [2.75, 3.05) is 0 Å². The van der Waals surface area contributed by atoms with Crippen molar-refractivity contribution in [2.24, 2.45) is 0 Å². The fourth-order valence-electron chi connectivity index (χ4n) is 8.36. The van der Waals surface area contributed by atoms with Crippen LogP contribution >= 0.6 is 0 Å². The molecule has 0 spiro atoms. The van der Waals surface area contributed by atoms with Crippen molar-refractivity contribution < 1.29 is 8.83 Å². The summed E-state index contributed by atoms with van der Waals surface area (Å²) in [5.74, 6) is 1.69. The third kappa shape index (κ3) is 5.01. The van der Waals surface area contributed by atoms with Crippen LogP contribution in [0.15, 0.2) is 191 Å². The zero-order valence-electron chi connectivity index (χ0n) is 30.4. The second kappa shape index (κ2) is 12.3. The Morgan fingerprint density at radius 3 is 1.61 bits per heavy atom. The summed E-state index contributed by atoms with van der Waals surface area (Å²) in [5, 5.41) is 6.54. The summed E-state index contributed by atoms with van der Waals surface area (Å²) in [6, 6.07) is 62.7. The molecule has 0 saturated carbocycles. The summed E-state index contributed by atoms with van der Waals surface area (Å²) in [4.78, 5) is 15.4. The topological polar surface area (TPSA) is 69.9 Å². The van der Waals surface area contributed by atoms with E-state index in [1.54, 1.807) is 0 Å². The third-order valence-corrected chi connectivity index (χ3v) is 11.0. The van der Waals surface area contributed by atoms with Crippen LogP contribution in [-0.2, 0) is 0 Å². The Morgan fingerprint density at radius 2 is 0.860 bits per heavy atom. The van der Waals surface area contributed by atoms with Crippen LogP contribution in [0.2, 0.25) is 0 Å². The Balaban J connectivity index is 1.06. The molecule has 0 atom stereocenters. The standard InChI is InChI=1S/C51H30N4O2/c1-3-12-31(13-4-1)32-14-11-15-33(28-32)49-52-50(34-22-24-39-38-19-8-10-21-44(38)56-45(39)29-34)54-51(53-49)35-23-25-40-42-27-26-41-37-18-7-9-20-43(37)55(36-16-5-2-6-17-36)47(41)48(42)57-46(40)30-35/h1-30H. The van der Waals surface area contributed by atoms with E-state index in [9.17, 15) is 0 Å². The second-order valence-electron chi connectivity index (χ2n) is 14.4. The number of para-hydroxylation sites is 3. The van der Waals surface area contributed by atoms with E-state index in [0.29, 0.717) is 17.5 Å². The summed E-state index contributed by atoms with van der Waals surface area (Å²) >= 11 is 0. The highest BCUT2D eigenvalue weighted by atomic mass is 16.3. The maximum atomic E-state index is 6.89. The van der Waals surface area contributed by atoms with Gasteiger partial charge in [0.2, 0.25) is 0 Å². The van der Waals surface area contributed by atoms with Crippen LogP contribution in [0.5, 0.6) is 0 Å². The number of hydrogen-bond donors (Lipinski definition) is 0. The molecule has 0 fully saturated rings. The largest absolute Gasteiger partial charge is 0.456 e. The Labute approximate surface area is 325 Å². The van der Waals surface area contributed by atoms with Gasteiger partial charge in [-0.3, -0.25) is 0 Å². The minimum atomic E-state index is 0.552. The molecule has 0 aliphatic rings. The molecule has 0 aliphatic carbocycles. The highest BCUT2D eigenvalue weighted by Crippen LogP contribution is 2.41. The van der Waals surface area contributed by atoms with E-state index in [1.165, 1.54) is 5.39 Å². The summed E-state index contributed by atoms with van der Waals surface area (Å²) in [6.45, 7) is 0. The minimum Gasteiger partial charge on any atom is -0.456 e. The zero-order valence-corrected chi connectivity index (χ0v) is 30.4.